The lowest BCUT2D eigenvalue weighted by molar-refractivity contribution is -0.156. The first-order valence-electron chi connectivity index (χ1n) is 4.16. The van der Waals surface area contributed by atoms with Crippen LogP contribution in [-0.4, -0.2) is 19.5 Å². The maximum atomic E-state index is 5.51. The number of halogens is 1. The molecule has 0 aromatic carbocycles. The highest BCUT2D eigenvalue weighted by molar-refractivity contribution is 14.1. The van der Waals surface area contributed by atoms with E-state index in [-0.39, 0.29) is 6.29 Å². The number of hydrogen-bond acceptors (Lipinski definition) is 2. The van der Waals surface area contributed by atoms with Crippen LogP contribution in [0, 0.1) is 0 Å². The molecule has 0 unspecified atom stereocenters. The van der Waals surface area contributed by atoms with E-state index < -0.39 is 0 Å². The molecule has 12 heavy (non-hydrogen) atoms. The lowest BCUT2D eigenvalue weighted by Gasteiger charge is -2.24. The minimum atomic E-state index is -0.0688. The Balaban J connectivity index is 2.04. The molecule has 1 saturated heterocycles. The molecule has 2 nitrogen and oxygen atoms in total. The van der Waals surface area contributed by atoms with E-state index in [1.165, 1.54) is 9.15 Å². The van der Waals surface area contributed by atoms with Crippen LogP contribution >= 0.6 is 22.6 Å². The zero-order valence-corrected chi connectivity index (χ0v) is 8.91. The van der Waals surface area contributed by atoms with Gasteiger partial charge < -0.3 is 9.47 Å². The molecule has 3 heteroatoms. The smallest absolute Gasteiger partial charge is 0.181 e. The van der Waals surface area contributed by atoms with Crippen LogP contribution in [-0.2, 0) is 9.47 Å². The van der Waals surface area contributed by atoms with Gasteiger partial charge in [0, 0.05) is 9.15 Å². The van der Waals surface area contributed by atoms with Gasteiger partial charge in [0.05, 0.1) is 13.2 Å². The maximum absolute atomic E-state index is 5.51. The van der Waals surface area contributed by atoms with Crippen molar-refractivity contribution in [3.8, 4) is 0 Å². The Morgan fingerprint density at radius 2 is 2.08 bits per heavy atom. The minimum Gasteiger partial charge on any atom is -0.349 e. The zero-order chi connectivity index (χ0) is 8.39. The van der Waals surface area contributed by atoms with E-state index in [0.717, 1.165) is 26.1 Å². The topological polar surface area (TPSA) is 18.5 Å². The summed E-state index contributed by atoms with van der Waals surface area (Å²) in [6.07, 6.45) is 6.22. The predicted molar refractivity (Wildman–Crippen MR) is 55.1 cm³/mol. The molecular formula is C9H11IO2. The average Bonchev–Trinajstić information content (AvgIpc) is 2.53. The fraction of sp³-hybridized carbons (Fsp3) is 0.556. The lowest BCUT2D eigenvalue weighted by Crippen LogP contribution is -2.26. The summed E-state index contributed by atoms with van der Waals surface area (Å²) >= 11 is 2.33. The highest BCUT2D eigenvalue weighted by atomic mass is 127. The standard InChI is InChI=1S/C9H11IO2/c10-8-4-1-3-7(8)9-11-5-2-6-12-9/h1,4,9H,2-3,5-6H2. The van der Waals surface area contributed by atoms with Crippen LogP contribution < -0.4 is 0 Å². The van der Waals surface area contributed by atoms with Gasteiger partial charge in [0.15, 0.2) is 6.29 Å². The summed E-state index contributed by atoms with van der Waals surface area (Å²) in [5.74, 6) is 0. The van der Waals surface area contributed by atoms with Gasteiger partial charge in [-0.05, 0) is 35.4 Å². The molecular weight excluding hydrogens is 267 g/mol. The number of allylic oxidation sites excluding steroid dienone is 3. The second-order valence-electron chi connectivity index (χ2n) is 2.91. The van der Waals surface area contributed by atoms with Gasteiger partial charge in [-0.15, -0.1) is 0 Å². The van der Waals surface area contributed by atoms with Crippen molar-refractivity contribution >= 4 is 22.6 Å². The van der Waals surface area contributed by atoms with Gasteiger partial charge in [-0.1, -0.05) is 12.2 Å². The first-order chi connectivity index (χ1) is 5.88. The molecule has 1 aliphatic heterocycles. The van der Waals surface area contributed by atoms with Crippen LogP contribution in [0.2, 0.25) is 0 Å². The normalized spacial score (nSPS) is 25.4. The van der Waals surface area contributed by atoms with Crippen molar-refractivity contribution in [2.75, 3.05) is 13.2 Å². The first-order valence-corrected chi connectivity index (χ1v) is 5.24. The van der Waals surface area contributed by atoms with E-state index in [1.807, 2.05) is 0 Å². The fourth-order valence-electron chi connectivity index (χ4n) is 1.39. The Morgan fingerprint density at radius 3 is 2.67 bits per heavy atom. The molecule has 0 aromatic heterocycles. The molecule has 1 fully saturated rings. The summed E-state index contributed by atoms with van der Waals surface area (Å²) in [6.45, 7) is 1.66. The monoisotopic (exact) mass is 278 g/mol. The number of hydrogen-bond donors (Lipinski definition) is 0. The van der Waals surface area contributed by atoms with Crippen LogP contribution in [0.1, 0.15) is 12.8 Å². The molecule has 0 aromatic rings. The second-order valence-corrected chi connectivity index (χ2v) is 4.07. The summed E-state index contributed by atoms with van der Waals surface area (Å²) in [5.41, 5.74) is 1.29. The van der Waals surface area contributed by atoms with E-state index in [9.17, 15) is 0 Å². The van der Waals surface area contributed by atoms with Crippen molar-refractivity contribution in [1.29, 1.82) is 0 Å². The summed E-state index contributed by atoms with van der Waals surface area (Å²) < 4.78 is 12.3. The Kier molecular flexibility index (Phi) is 2.83. The van der Waals surface area contributed by atoms with Crippen LogP contribution in [0.25, 0.3) is 0 Å². The minimum absolute atomic E-state index is 0.0688. The van der Waals surface area contributed by atoms with Gasteiger partial charge in [-0.2, -0.15) is 0 Å². The molecule has 1 heterocycles. The summed E-state index contributed by atoms with van der Waals surface area (Å²) in [7, 11) is 0. The molecule has 0 radical (unpaired) electrons. The molecule has 66 valence electrons. The van der Waals surface area contributed by atoms with Crippen molar-refractivity contribution in [3.05, 3.63) is 21.3 Å². The Hall–Kier alpha value is 0.130. The lowest BCUT2D eigenvalue weighted by atomic mass is 10.2. The molecule has 2 aliphatic rings. The zero-order valence-electron chi connectivity index (χ0n) is 6.75. The Labute approximate surface area is 85.8 Å². The predicted octanol–water partition coefficient (Wildman–Crippen LogP) is 2.40. The molecule has 0 saturated carbocycles. The highest BCUT2D eigenvalue weighted by Crippen LogP contribution is 2.29. The van der Waals surface area contributed by atoms with E-state index in [2.05, 4.69) is 34.7 Å². The molecule has 0 spiro atoms. The summed E-state index contributed by atoms with van der Waals surface area (Å²) in [5, 5.41) is 0. The molecule has 2 rings (SSSR count). The third-order valence-corrected chi connectivity index (χ3v) is 3.07. The fourth-order valence-corrected chi connectivity index (χ4v) is 2.12. The Morgan fingerprint density at radius 1 is 1.33 bits per heavy atom. The number of rotatable bonds is 1. The molecule has 0 bridgehead atoms. The van der Waals surface area contributed by atoms with Gasteiger partial charge in [0.25, 0.3) is 0 Å². The van der Waals surface area contributed by atoms with Crippen molar-refractivity contribution < 1.29 is 9.47 Å². The van der Waals surface area contributed by atoms with E-state index in [4.69, 9.17) is 9.47 Å². The largest absolute Gasteiger partial charge is 0.349 e. The average molecular weight is 278 g/mol. The number of ether oxygens (including phenoxy) is 2. The van der Waals surface area contributed by atoms with Crippen molar-refractivity contribution in [2.45, 2.75) is 19.1 Å². The first kappa shape index (κ1) is 8.72. The van der Waals surface area contributed by atoms with Crippen LogP contribution in [0.4, 0.5) is 0 Å². The van der Waals surface area contributed by atoms with E-state index >= 15 is 0 Å². The van der Waals surface area contributed by atoms with Crippen molar-refractivity contribution in [1.82, 2.24) is 0 Å². The van der Waals surface area contributed by atoms with Crippen LogP contribution in [0.3, 0.4) is 0 Å². The van der Waals surface area contributed by atoms with E-state index in [1.54, 1.807) is 0 Å². The SMILES string of the molecule is IC1=C(C2OCCCO2)CC=C1. The van der Waals surface area contributed by atoms with Gasteiger partial charge in [-0.25, -0.2) is 0 Å². The third-order valence-electron chi connectivity index (χ3n) is 2.02. The molecule has 0 N–H and O–H groups in total. The molecule has 0 atom stereocenters. The molecule has 1 aliphatic carbocycles. The maximum Gasteiger partial charge on any atom is 0.181 e. The highest BCUT2D eigenvalue weighted by Gasteiger charge is 2.22. The second kappa shape index (κ2) is 3.89. The molecule has 0 amide bonds. The van der Waals surface area contributed by atoms with E-state index in [0.29, 0.717) is 0 Å². The quantitative estimate of drug-likeness (QED) is 0.686. The van der Waals surface area contributed by atoms with Gasteiger partial charge in [0.2, 0.25) is 0 Å². The van der Waals surface area contributed by atoms with Crippen LogP contribution in [0.15, 0.2) is 21.3 Å². The van der Waals surface area contributed by atoms with Gasteiger partial charge in [0.1, 0.15) is 0 Å². The Bertz CT molecular complexity index is 227. The third kappa shape index (κ3) is 1.72. The van der Waals surface area contributed by atoms with Crippen molar-refractivity contribution in [2.24, 2.45) is 0 Å². The van der Waals surface area contributed by atoms with Crippen molar-refractivity contribution in [3.63, 3.8) is 0 Å². The van der Waals surface area contributed by atoms with Gasteiger partial charge >= 0.3 is 0 Å². The summed E-state index contributed by atoms with van der Waals surface area (Å²) in [6, 6.07) is 0. The summed E-state index contributed by atoms with van der Waals surface area (Å²) in [4.78, 5) is 0. The van der Waals surface area contributed by atoms with Gasteiger partial charge in [-0.3, -0.25) is 0 Å². The van der Waals surface area contributed by atoms with Crippen LogP contribution in [0.5, 0.6) is 0 Å².